The van der Waals surface area contributed by atoms with Gasteiger partial charge >= 0.3 is 48.9 Å². The van der Waals surface area contributed by atoms with E-state index in [0.717, 1.165) is 12.2 Å². The van der Waals surface area contributed by atoms with Crippen LogP contribution in [0, 0.1) is 0 Å². The van der Waals surface area contributed by atoms with Crippen LogP contribution in [-0.2, 0) is 19.2 Å². The molecule has 0 atom stereocenters. The van der Waals surface area contributed by atoms with Crippen molar-refractivity contribution in [1.29, 1.82) is 0 Å². The summed E-state index contributed by atoms with van der Waals surface area (Å²) in [7, 11) is 0. The van der Waals surface area contributed by atoms with Crippen LogP contribution in [-0.4, -0.2) is 83.6 Å². The molecule has 0 unspecified atom stereocenters. The summed E-state index contributed by atoms with van der Waals surface area (Å²) in [6.45, 7) is 0. The summed E-state index contributed by atoms with van der Waals surface area (Å²) in [6, 6.07) is 12.9. The van der Waals surface area contributed by atoms with Crippen LogP contribution in [0.25, 0.3) is 0 Å². The van der Waals surface area contributed by atoms with Crippen molar-refractivity contribution in [2.75, 3.05) is 22.1 Å². The van der Waals surface area contributed by atoms with Crippen molar-refractivity contribution in [3.05, 3.63) is 72.8 Å². The molecule has 0 aliphatic heterocycles. The number of rotatable bonds is 6. The molecule has 0 fully saturated rings. The molecule has 172 valence electrons. The number of carbonyl (C=O) groups excluding carboxylic acids is 4. The Labute approximate surface area is 229 Å². The Bertz CT molecular complexity index is 882. The fraction of sp³-hybridized carbons (Fsp3) is 0. The van der Waals surface area contributed by atoms with E-state index in [9.17, 15) is 29.4 Å². The number of carboxylic acids is 2. The first-order chi connectivity index (χ1) is 14.2. The van der Waals surface area contributed by atoms with Crippen molar-refractivity contribution >= 4 is 95.4 Å². The third kappa shape index (κ3) is 17.2. The molecule has 33 heavy (non-hydrogen) atoms. The van der Waals surface area contributed by atoms with Crippen molar-refractivity contribution in [2.24, 2.45) is 0 Å². The van der Waals surface area contributed by atoms with Crippen molar-refractivity contribution in [3.8, 4) is 0 Å². The molecule has 0 saturated carbocycles. The topological polar surface area (TPSA) is 253 Å². The predicted molar refractivity (Wildman–Crippen MR) is 120 cm³/mol. The molecule has 0 aliphatic carbocycles. The summed E-state index contributed by atoms with van der Waals surface area (Å²) in [5, 5.41) is 24.9. The van der Waals surface area contributed by atoms with E-state index < -0.39 is 23.8 Å². The van der Waals surface area contributed by atoms with Crippen LogP contribution in [0.2, 0.25) is 0 Å². The number of hydrogen-bond donors (Lipinski definition) is 4. The first kappa shape index (κ1) is 34.5. The third-order valence-corrected chi connectivity index (χ3v) is 3.10. The van der Waals surface area contributed by atoms with E-state index in [2.05, 4.69) is 10.6 Å². The molecule has 2 amide bonds. The van der Waals surface area contributed by atoms with Crippen molar-refractivity contribution in [3.63, 3.8) is 0 Å². The zero-order chi connectivity index (χ0) is 22.5. The number of carbonyl (C=O) groups is 4. The van der Waals surface area contributed by atoms with Gasteiger partial charge < -0.3 is 52.9 Å². The van der Waals surface area contributed by atoms with Crippen LogP contribution in [0.1, 0.15) is 0 Å². The van der Waals surface area contributed by atoms with Crippen LogP contribution in [0.5, 0.6) is 0 Å². The summed E-state index contributed by atoms with van der Waals surface area (Å²) < 4.78 is 0. The van der Waals surface area contributed by atoms with Gasteiger partial charge in [-0.2, -0.15) is 0 Å². The largest absolute Gasteiger partial charge is 2.00 e. The van der Waals surface area contributed by atoms with Crippen molar-refractivity contribution in [1.82, 2.24) is 0 Å². The summed E-state index contributed by atoms with van der Waals surface area (Å²) >= 11 is 0. The van der Waals surface area contributed by atoms with Crippen molar-refractivity contribution < 1.29 is 40.3 Å². The molecule has 0 aliphatic rings. The standard InChI is InChI=1S/2C10H10N2O3.Ba.2H2O/c2*11-7-1-3-8(4-2-7)12-9(13)5-6-10(14)15;;;/h2*1-6H,11H2,(H,12,13)(H,14,15);;2*1H2/q;;+2;;/p-2/b2*6-5-;;;. The number of benzene rings is 2. The Morgan fingerprint density at radius 1 is 0.606 bits per heavy atom. The molecule has 2 rings (SSSR count). The molecule has 0 spiro atoms. The first-order valence-corrected chi connectivity index (χ1v) is 8.27. The van der Waals surface area contributed by atoms with E-state index in [0.29, 0.717) is 34.9 Å². The molecule has 12 nitrogen and oxygen atoms in total. The predicted octanol–water partition coefficient (Wildman–Crippen LogP) is -3.00. The molecule has 2 aromatic rings. The Kier molecular flexibility index (Phi) is 19.3. The maximum absolute atomic E-state index is 11.1. The smallest absolute Gasteiger partial charge is 0.545 e. The van der Waals surface area contributed by atoms with Crippen molar-refractivity contribution in [2.45, 2.75) is 0 Å². The summed E-state index contributed by atoms with van der Waals surface area (Å²) in [4.78, 5) is 42.2. The normalized spacial score (nSPS) is 9.21. The average molecular weight is 584 g/mol. The SMILES string of the molecule is Nc1ccc(NC(=O)/C=C\C(=O)[O-])cc1.Nc1ccc(NC(=O)/C=C\C(=O)[O-])cc1.O.O.[Ba+2]. The van der Waals surface area contributed by atoms with Gasteiger partial charge in [0.05, 0.1) is 11.9 Å². The second kappa shape index (κ2) is 18.5. The Balaban J connectivity index is -0.000000500. The average Bonchev–Trinajstić information content (AvgIpc) is 2.69. The number of amides is 2. The van der Waals surface area contributed by atoms with E-state index in [1.54, 1.807) is 48.5 Å². The minimum atomic E-state index is -1.41. The molecule has 0 radical (unpaired) electrons. The molecule has 0 heterocycles. The van der Waals surface area contributed by atoms with Gasteiger partial charge in [0.25, 0.3) is 0 Å². The van der Waals surface area contributed by atoms with Gasteiger partial charge in [0, 0.05) is 34.9 Å². The molecule has 13 heteroatoms. The molecule has 0 aromatic heterocycles. The molecular weight excluding hydrogens is 562 g/mol. The maximum atomic E-state index is 11.1. The minimum Gasteiger partial charge on any atom is -0.545 e. The quantitative estimate of drug-likeness (QED) is 0.154. The fourth-order valence-corrected chi connectivity index (χ4v) is 1.79. The zero-order valence-corrected chi connectivity index (χ0v) is 21.7. The summed E-state index contributed by atoms with van der Waals surface area (Å²) in [5.41, 5.74) is 13.1. The van der Waals surface area contributed by atoms with Gasteiger partial charge in [0.1, 0.15) is 0 Å². The maximum Gasteiger partial charge on any atom is 2.00 e. The molecule has 0 saturated heterocycles. The van der Waals surface area contributed by atoms with Crippen LogP contribution in [0.4, 0.5) is 22.7 Å². The molecular formula is C20H22BaN4O8. The van der Waals surface area contributed by atoms with Gasteiger partial charge in [-0.25, -0.2) is 0 Å². The van der Waals surface area contributed by atoms with Gasteiger partial charge in [0.2, 0.25) is 11.8 Å². The Morgan fingerprint density at radius 3 is 1.12 bits per heavy atom. The number of carboxylic acid groups (broad SMARTS) is 2. The van der Waals surface area contributed by atoms with Gasteiger partial charge in [-0.05, 0) is 60.7 Å². The Hall–Kier alpha value is -3.11. The van der Waals surface area contributed by atoms with E-state index >= 15 is 0 Å². The zero-order valence-electron chi connectivity index (χ0n) is 17.2. The van der Waals surface area contributed by atoms with Gasteiger partial charge in [-0.3, -0.25) is 9.59 Å². The van der Waals surface area contributed by atoms with Gasteiger partial charge in [-0.1, -0.05) is 0 Å². The van der Waals surface area contributed by atoms with E-state index in [-0.39, 0.29) is 59.8 Å². The second-order valence-corrected chi connectivity index (χ2v) is 5.53. The third-order valence-electron chi connectivity index (χ3n) is 3.10. The molecule has 2 aromatic carbocycles. The summed E-state index contributed by atoms with van der Waals surface area (Å²) in [5.74, 6) is -3.90. The second-order valence-electron chi connectivity index (χ2n) is 5.53. The van der Waals surface area contributed by atoms with Crippen LogP contribution in [0.15, 0.2) is 72.8 Å². The number of aliphatic carboxylic acids is 2. The van der Waals surface area contributed by atoms with Gasteiger partial charge in [-0.15, -0.1) is 0 Å². The molecule has 0 bridgehead atoms. The number of nitrogen functional groups attached to an aromatic ring is 2. The number of nitrogens with one attached hydrogen (secondary N) is 2. The molecule has 10 N–H and O–H groups in total. The number of hydrogen-bond acceptors (Lipinski definition) is 8. The minimum absolute atomic E-state index is 0. The monoisotopic (exact) mass is 584 g/mol. The van der Waals surface area contributed by atoms with E-state index in [1.807, 2.05) is 0 Å². The van der Waals surface area contributed by atoms with Crippen LogP contribution in [0.3, 0.4) is 0 Å². The van der Waals surface area contributed by atoms with Gasteiger partial charge in [0.15, 0.2) is 0 Å². The van der Waals surface area contributed by atoms with Crippen LogP contribution < -0.4 is 32.3 Å². The summed E-state index contributed by atoms with van der Waals surface area (Å²) in [6.07, 6.45) is 3.08. The first-order valence-electron chi connectivity index (χ1n) is 8.27. The fourth-order valence-electron chi connectivity index (χ4n) is 1.79. The Morgan fingerprint density at radius 2 is 0.879 bits per heavy atom. The van der Waals surface area contributed by atoms with E-state index in [1.165, 1.54) is 0 Å². The number of nitrogens with two attached hydrogens (primary N) is 2. The van der Waals surface area contributed by atoms with Crippen LogP contribution >= 0.6 is 0 Å². The number of anilines is 4. The van der Waals surface area contributed by atoms with E-state index in [4.69, 9.17) is 11.5 Å².